The molecule has 1 fully saturated rings. The van der Waals surface area contributed by atoms with E-state index in [2.05, 4.69) is 26.6 Å². The molecule has 0 unspecified atom stereocenters. The van der Waals surface area contributed by atoms with Crippen molar-refractivity contribution in [1.29, 1.82) is 0 Å². The normalized spacial score (nSPS) is 17.6. The van der Waals surface area contributed by atoms with Crippen molar-refractivity contribution in [1.82, 2.24) is 40.9 Å². The molecule has 5 rings (SSSR count). The molecule has 0 spiro atoms. The molecule has 0 saturated carbocycles. The van der Waals surface area contributed by atoms with Crippen molar-refractivity contribution in [2.75, 3.05) is 219 Å². The molecule has 0 aromatic heterocycles. The standard InChI is InChI=1S/C102H163N9O35/c1-17-69(6)91(83(130-15)64-89(119)110-36-23-27-77(110)94(131-16)71(8)79(112)60-70(7)92(120)73-24-19-18-20-25-73)108(12)97(124)74(67(2)3)62-80(113)90(68(4)5)109(13)101(128)143-66-72-28-29-82(144-99-93(121)81(114)63-84(145-99)98(125)126)76(61-72)106-86(116)32-35-104-95(122)75(107-96(123)78(111-87(117)30-31-88(111)118)65-105-100(127)146-102(9,10)11)26-21-22-34-103-85(115)33-37-132-40-41-134-44-45-136-48-49-138-52-53-140-56-57-142-59-58-141-55-54-139-51-50-137-47-46-135-43-42-133-39-38-129-14/h18-20,24-25,28-31,61,63,67-71,74-75,77-78,81,83,90-94,99,114,120-121H,17,21-23,26-27,32-60,62,64-66H2,1-16H3,(H,103,115)(H,104,122)(H,105,127)(H,106,116)(H,107,123)(H,125,126)/t69-,70-,71-,74-,75-,77-,78-,81-,83+,90-,91-,92+,93+,94+,99+/m0/s1. The van der Waals surface area contributed by atoms with Crippen LogP contribution in [0.15, 0.2) is 72.5 Å². The minimum Gasteiger partial charge on any atom is -0.475 e. The van der Waals surface area contributed by atoms with Gasteiger partial charge in [0.15, 0.2) is 11.9 Å². The number of aliphatic hydroxyl groups is 3. The number of likely N-dealkylation sites (N-methyl/N-ethyl adjacent to an activating group) is 2. The number of imide groups is 1. The van der Waals surface area contributed by atoms with E-state index in [1.54, 1.807) is 79.3 Å². The highest BCUT2D eigenvalue weighted by atomic mass is 16.7. The van der Waals surface area contributed by atoms with Gasteiger partial charge in [0.2, 0.25) is 41.2 Å². The first-order valence-corrected chi connectivity index (χ1v) is 50.4. The van der Waals surface area contributed by atoms with E-state index in [4.69, 9.17) is 85.3 Å². The zero-order valence-corrected chi connectivity index (χ0v) is 88.0. The highest BCUT2D eigenvalue weighted by molar-refractivity contribution is 6.15. The Labute approximate surface area is 857 Å². The molecule has 3 heterocycles. The molecule has 9 N–H and O–H groups in total. The van der Waals surface area contributed by atoms with Gasteiger partial charge in [0, 0.05) is 105 Å². The Morgan fingerprint density at radius 2 is 1.13 bits per heavy atom. The molecule has 3 aliphatic heterocycles. The van der Waals surface area contributed by atoms with E-state index in [1.807, 2.05) is 51.1 Å². The summed E-state index contributed by atoms with van der Waals surface area (Å²) in [6, 6.07) is 7.61. The van der Waals surface area contributed by atoms with Gasteiger partial charge in [-0.05, 0) is 106 Å². The summed E-state index contributed by atoms with van der Waals surface area (Å²) in [6.07, 6.45) is -6.08. The second-order valence-electron chi connectivity index (χ2n) is 37.5. The molecule has 44 nitrogen and oxygen atoms in total. The number of carbonyl (C=O) groups is 13. The van der Waals surface area contributed by atoms with Crippen LogP contribution in [0.2, 0.25) is 0 Å². The first-order chi connectivity index (χ1) is 69.8. The van der Waals surface area contributed by atoms with Crippen LogP contribution >= 0.6 is 0 Å². The molecule has 1 saturated heterocycles. The van der Waals surface area contributed by atoms with Gasteiger partial charge in [-0.2, -0.15) is 0 Å². The Morgan fingerprint density at radius 3 is 1.63 bits per heavy atom. The number of benzene rings is 2. The minimum atomic E-state index is -1.90. The summed E-state index contributed by atoms with van der Waals surface area (Å²) in [6.45, 7) is 27.4. The number of alkyl carbamates (subject to hydrolysis) is 1. The lowest BCUT2D eigenvalue weighted by atomic mass is 9.83. The Kier molecular flexibility index (Phi) is 60.9. The molecule has 0 aliphatic carbocycles. The third kappa shape index (κ3) is 46.5. The highest BCUT2D eigenvalue weighted by Crippen LogP contribution is 2.36. The summed E-state index contributed by atoms with van der Waals surface area (Å²) in [5.41, 5.74) is -0.321. The lowest BCUT2D eigenvalue weighted by Gasteiger charge is -2.41. The van der Waals surface area contributed by atoms with E-state index >= 15 is 4.79 Å². The Balaban J connectivity index is 1.14. The average molecular weight is 2080 g/mol. The zero-order chi connectivity index (χ0) is 108. The molecular weight excluding hydrogens is 1910 g/mol. The molecule has 10 amide bonds. The number of rotatable bonds is 78. The van der Waals surface area contributed by atoms with Crippen molar-refractivity contribution in [3.63, 3.8) is 0 Å². The molecule has 44 heteroatoms. The summed E-state index contributed by atoms with van der Waals surface area (Å²) < 4.78 is 100. The van der Waals surface area contributed by atoms with Crippen LogP contribution in [0.4, 0.5) is 15.3 Å². The Morgan fingerprint density at radius 1 is 0.589 bits per heavy atom. The number of nitrogens with one attached hydrogen (secondary N) is 5. The fourth-order valence-corrected chi connectivity index (χ4v) is 16.5. The number of aliphatic carboxylic acids is 1. The van der Waals surface area contributed by atoms with Gasteiger partial charge in [-0.3, -0.25) is 52.8 Å². The van der Waals surface area contributed by atoms with E-state index in [0.29, 0.717) is 168 Å². The van der Waals surface area contributed by atoms with Crippen LogP contribution < -0.4 is 31.3 Å². The van der Waals surface area contributed by atoms with Gasteiger partial charge in [0.1, 0.15) is 41.9 Å². The van der Waals surface area contributed by atoms with Crippen molar-refractivity contribution >= 4 is 82.7 Å². The predicted molar refractivity (Wildman–Crippen MR) is 530 cm³/mol. The molecule has 15 atom stereocenters. The summed E-state index contributed by atoms with van der Waals surface area (Å²) in [5, 5.41) is 55.6. The van der Waals surface area contributed by atoms with E-state index < -0.39 is 193 Å². The molecule has 0 radical (unpaired) electrons. The number of Topliss-reactive ketones (excluding diaryl/α,β-unsaturated/α-hetero) is 2. The van der Waals surface area contributed by atoms with Gasteiger partial charge in [0.05, 0.1) is 207 Å². The fraction of sp³-hybridized carbons (Fsp3) is 0.716. The van der Waals surface area contributed by atoms with Gasteiger partial charge < -0.3 is 147 Å². The van der Waals surface area contributed by atoms with Crippen molar-refractivity contribution < 1.29 is 168 Å². The van der Waals surface area contributed by atoms with E-state index in [-0.39, 0.29) is 112 Å². The number of aliphatic hydroxyl groups excluding tert-OH is 3. The average Bonchev–Trinajstić information content (AvgIpc) is 1.38. The number of anilines is 1. The maximum atomic E-state index is 15.1. The number of carbonyl (C=O) groups excluding carboxylic acids is 12. The van der Waals surface area contributed by atoms with Crippen LogP contribution in [-0.2, 0) is 140 Å². The third-order valence-corrected chi connectivity index (χ3v) is 24.5. The molecule has 0 bridgehead atoms. The highest BCUT2D eigenvalue weighted by Gasteiger charge is 2.46. The van der Waals surface area contributed by atoms with Crippen molar-refractivity contribution in [2.45, 2.75) is 226 Å². The number of likely N-dealkylation sites (tertiary alicyclic amines) is 1. The molecular formula is C102H163N9O35. The van der Waals surface area contributed by atoms with Gasteiger partial charge in [-0.15, -0.1) is 0 Å². The van der Waals surface area contributed by atoms with Crippen LogP contribution in [0.5, 0.6) is 5.75 Å². The number of hydrogen-bond donors (Lipinski definition) is 9. The van der Waals surface area contributed by atoms with Gasteiger partial charge in [0.25, 0.3) is 18.1 Å². The SMILES string of the molecule is CC[C@H](C)[C@@H]([C@@H](CC(=O)N1CCC[C@H]1[C@H](OC)[C@@H](C)C(=O)C[C@H](C)[C@@H](O)c1ccccc1)OC)N(C)C(=O)[C@@H](CC(=O)[C@H](C(C)C)N(C)C(=O)OCc1ccc(O[C@@H]2OC(C(=O)O)=C[C@H](O)[C@H]2O)c(NC(=O)CCNC(=O)[C@H](CCCCNC(=O)CCOCCOCCOCCOCCOCCOCCOCCOCCOCCOCCOCCOC)NC(=O)[C@H](CNC(=O)OC(C)(C)C)N2C(=O)C=CC2=O)c1)C(C)C. The fourth-order valence-electron chi connectivity index (χ4n) is 16.5. The predicted octanol–water partition coefficient (Wildman–Crippen LogP) is 5.44. The third-order valence-electron chi connectivity index (χ3n) is 24.5. The monoisotopic (exact) mass is 2070 g/mol. The van der Waals surface area contributed by atoms with Crippen molar-refractivity contribution in [3.05, 3.63) is 83.6 Å². The largest absolute Gasteiger partial charge is 0.475 e. The number of carboxylic acid groups (broad SMARTS) is 1. The number of amides is 10. The lowest BCUT2D eigenvalue weighted by Crippen LogP contribution is -2.58. The molecule has 3 aliphatic rings. The summed E-state index contributed by atoms with van der Waals surface area (Å²) in [7, 11) is 7.62. The molecule has 2 aromatic rings. The van der Waals surface area contributed by atoms with Crippen LogP contribution in [0, 0.1) is 35.5 Å². The maximum absolute atomic E-state index is 15.1. The number of methoxy groups -OCH3 is 3. The van der Waals surface area contributed by atoms with E-state index in [1.165, 1.54) is 39.5 Å². The van der Waals surface area contributed by atoms with Gasteiger partial charge in [-0.1, -0.05) is 98.2 Å². The summed E-state index contributed by atoms with van der Waals surface area (Å²) in [4.78, 5) is 185. The number of ketones is 2. The topological polar surface area (TPSA) is 542 Å². The van der Waals surface area contributed by atoms with Crippen LogP contribution in [0.1, 0.15) is 164 Å². The number of nitrogens with zero attached hydrogens (tertiary/aromatic N) is 4. The molecule has 2 aromatic carbocycles. The number of ether oxygens (including phenoxy) is 18. The molecule has 146 heavy (non-hydrogen) atoms. The number of hydrogen-bond acceptors (Lipinski definition) is 34. The summed E-state index contributed by atoms with van der Waals surface area (Å²) >= 11 is 0. The first kappa shape index (κ1) is 127. The van der Waals surface area contributed by atoms with Crippen molar-refractivity contribution in [3.8, 4) is 5.75 Å². The Hall–Kier alpha value is -9.85. The van der Waals surface area contributed by atoms with E-state index in [9.17, 15) is 78.0 Å². The quantitative estimate of drug-likeness (QED) is 0.0294. The summed E-state index contributed by atoms with van der Waals surface area (Å²) in [5.74, 6) is -11.9. The van der Waals surface area contributed by atoms with Crippen LogP contribution in [-0.4, -0.2) is 397 Å². The minimum absolute atomic E-state index is 0.00333. The van der Waals surface area contributed by atoms with Crippen molar-refractivity contribution in [2.24, 2.45) is 35.5 Å². The second kappa shape index (κ2) is 70.2. The smallest absolute Gasteiger partial charge is 0.410 e. The zero-order valence-electron chi connectivity index (χ0n) is 88.0. The Bertz CT molecular complexity index is 4300. The number of carboxylic acids is 1. The molecule has 826 valence electrons. The van der Waals surface area contributed by atoms with E-state index in [0.717, 1.165) is 23.1 Å². The first-order valence-electron chi connectivity index (χ1n) is 50.4. The van der Waals surface area contributed by atoms with Gasteiger partial charge in [-0.25, -0.2) is 14.4 Å². The van der Waals surface area contributed by atoms with Crippen LogP contribution in [0.25, 0.3) is 0 Å². The van der Waals surface area contributed by atoms with Gasteiger partial charge >= 0.3 is 18.2 Å². The van der Waals surface area contributed by atoms with Crippen LogP contribution in [0.3, 0.4) is 0 Å². The maximum Gasteiger partial charge on any atom is 0.410 e. The lowest BCUT2D eigenvalue weighted by molar-refractivity contribution is -0.172. The second-order valence-corrected chi connectivity index (χ2v) is 37.5. The number of unbranched alkanes of at least 4 members (excludes halogenated alkanes) is 1.